The number of aryl methyl sites for hydroxylation is 2. The predicted octanol–water partition coefficient (Wildman–Crippen LogP) is 6.67. The molecule has 0 atom stereocenters. The van der Waals surface area contributed by atoms with Crippen molar-refractivity contribution in [2.75, 3.05) is 76.3 Å². The van der Waals surface area contributed by atoms with Gasteiger partial charge in [-0.3, -0.25) is 19.8 Å². The topological polar surface area (TPSA) is 161 Å². The number of hydrogen-bond acceptors (Lipinski definition) is 17. The molecule has 0 amide bonds. The van der Waals surface area contributed by atoms with Crippen LogP contribution in [0.5, 0.6) is 11.8 Å². The third-order valence-electron chi connectivity index (χ3n) is 8.89. The molecule has 0 saturated carbocycles. The Balaban J connectivity index is 0.000000172. The molecule has 17 heteroatoms. The summed E-state index contributed by atoms with van der Waals surface area (Å²) in [6.07, 6.45) is 14.7. The van der Waals surface area contributed by atoms with Crippen molar-refractivity contribution in [2.45, 2.75) is 33.1 Å². The van der Waals surface area contributed by atoms with Gasteiger partial charge in [0.15, 0.2) is 10.3 Å². The summed E-state index contributed by atoms with van der Waals surface area (Å²) in [4.78, 5) is 41.6. The molecule has 292 valence electrons. The normalized spacial score (nSPS) is 14.8. The number of anilines is 4. The molecule has 2 aliphatic heterocycles. The summed E-state index contributed by atoms with van der Waals surface area (Å²) in [7, 11) is 0. The highest BCUT2D eigenvalue weighted by atomic mass is 32.1. The minimum absolute atomic E-state index is 0.564. The first-order valence-electron chi connectivity index (χ1n) is 18.8. The zero-order valence-electron chi connectivity index (χ0n) is 31.6. The van der Waals surface area contributed by atoms with Crippen LogP contribution in [0.25, 0.3) is 20.9 Å². The summed E-state index contributed by atoms with van der Waals surface area (Å²) < 4.78 is 17.1. The number of thiazole rings is 2. The summed E-state index contributed by atoms with van der Waals surface area (Å²) in [5.74, 6) is 3.83. The van der Waals surface area contributed by atoms with Crippen LogP contribution in [0.2, 0.25) is 0 Å². The molecule has 8 rings (SSSR count). The molecular formula is C39H46N12O3S2. The third-order valence-corrected chi connectivity index (χ3v) is 10.8. The molecule has 2 fully saturated rings. The lowest BCUT2D eigenvalue weighted by Gasteiger charge is -2.26. The number of nitrogens with zero attached hydrogens (tertiary/aromatic N) is 10. The fourth-order valence-corrected chi connectivity index (χ4v) is 7.74. The number of aromatic nitrogens is 8. The highest BCUT2D eigenvalue weighted by molar-refractivity contribution is 7.19. The number of morpholine rings is 1. The van der Waals surface area contributed by atoms with E-state index in [0.717, 1.165) is 70.5 Å². The largest absolute Gasteiger partial charge is 0.476 e. The van der Waals surface area contributed by atoms with Crippen LogP contribution in [0.15, 0.2) is 73.6 Å². The van der Waals surface area contributed by atoms with Gasteiger partial charge < -0.3 is 24.8 Å². The fourth-order valence-electron chi connectivity index (χ4n) is 6.10. The third kappa shape index (κ3) is 11.9. The van der Waals surface area contributed by atoms with Crippen molar-refractivity contribution in [2.24, 2.45) is 0 Å². The van der Waals surface area contributed by atoms with Crippen LogP contribution in [0.1, 0.15) is 30.9 Å². The fraction of sp³-hybridized carbons (Fsp3) is 0.385. The molecule has 0 spiro atoms. The zero-order chi connectivity index (χ0) is 38.4. The Kier molecular flexibility index (Phi) is 14.0. The highest BCUT2D eigenvalue weighted by Gasteiger charge is 2.13. The van der Waals surface area contributed by atoms with Gasteiger partial charge in [-0.05, 0) is 63.5 Å². The second-order valence-electron chi connectivity index (χ2n) is 13.1. The van der Waals surface area contributed by atoms with E-state index < -0.39 is 0 Å². The van der Waals surface area contributed by atoms with Gasteiger partial charge in [0, 0.05) is 81.1 Å². The molecule has 2 N–H and O–H groups in total. The molecule has 2 saturated heterocycles. The smallest absolute Gasteiger partial charge is 0.218 e. The van der Waals surface area contributed by atoms with E-state index in [4.69, 9.17) is 14.2 Å². The van der Waals surface area contributed by atoms with Crippen LogP contribution in [-0.4, -0.2) is 115 Å². The van der Waals surface area contributed by atoms with E-state index in [0.29, 0.717) is 48.3 Å². The molecule has 0 unspecified atom stereocenters. The quantitative estimate of drug-likeness (QED) is 0.120. The summed E-state index contributed by atoms with van der Waals surface area (Å²) in [5.41, 5.74) is 2.14. The van der Waals surface area contributed by atoms with Gasteiger partial charge in [0.05, 0.1) is 23.0 Å². The number of likely N-dealkylation sites (tertiary alicyclic amines) is 1. The first-order valence-corrected chi connectivity index (χ1v) is 20.4. The van der Waals surface area contributed by atoms with E-state index in [1.807, 2.05) is 62.8 Å². The van der Waals surface area contributed by atoms with Crippen molar-refractivity contribution >= 4 is 44.6 Å². The molecule has 2 aliphatic rings. The van der Waals surface area contributed by atoms with Crippen molar-refractivity contribution in [1.82, 2.24) is 49.7 Å². The number of hydrogen-bond donors (Lipinski definition) is 2. The highest BCUT2D eigenvalue weighted by Crippen LogP contribution is 2.31. The molecule has 8 heterocycles. The molecule has 15 nitrogen and oxygen atoms in total. The van der Waals surface area contributed by atoms with Gasteiger partial charge in [0.1, 0.15) is 36.5 Å². The maximum atomic E-state index is 5.88. The monoisotopic (exact) mass is 794 g/mol. The minimum Gasteiger partial charge on any atom is -0.476 e. The van der Waals surface area contributed by atoms with Gasteiger partial charge in [-0.1, -0.05) is 35.2 Å². The van der Waals surface area contributed by atoms with Gasteiger partial charge in [-0.25, -0.2) is 19.9 Å². The van der Waals surface area contributed by atoms with E-state index in [-0.39, 0.29) is 0 Å². The summed E-state index contributed by atoms with van der Waals surface area (Å²) >= 11 is 3.12. The van der Waals surface area contributed by atoms with E-state index in [9.17, 15) is 0 Å². The number of rotatable bonds is 14. The Morgan fingerprint density at radius 2 is 1.21 bits per heavy atom. The van der Waals surface area contributed by atoms with Crippen LogP contribution in [-0.2, 0) is 4.74 Å². The van der Waals surface area contributed by atoms with E-state index >= 15 is 0 Å². The predicted molar refractivity (Wildman–Crippen MR) is 219 cm³/mol. The van der Waals surface area contributed by atoms with Crippen molar-refractivity contribution in [3.63, 3.8) is 0 Å². The molecule has 0 radical (unpaired) electrons. The van der Waals surface area contributed by atoms with Crippen LogP contribution < -0.4 is 20.1 Å². The van der Waals surface area contributed by atoms with Gasteiger partial charge >= 0.3 is 0 Å². The Labute approximate surface area is 334 Å². The van der Waals surface area contributed by atoms with Gasteiger partial charge in [0.25, 0.3) is 0 Å². The van der Waals surface area contributed by atoms with E-state index in [1.165, 1.54) is 32.4 Å². The van der Waals surface area contributed by atoms with Crippen LogP contribution in [0, 0.1) is 13.8 Å². The Hall–Kier alpha value is -5.20. The number of ether oxygens (including phenoxy) is 3. The zero-order valence-corrected chi connectivity index (χ0v) is 33.3. The maximum absolute atomic E-state index is 5.88. The van der Waals surface area contributed by atoms with Crippen molar-refractivity contribution < 1.29 is 14.2 Å². The first kappa shape index (κ1) is 39.1. The first-order chi connectivity index (χ1) is 27.5. The summed E-state index contributed by atoms with van der Waals surface area (Å²) in [6, 6.07) is 11.5. The lowest BCUT2D eigenvalue weighted by Crippen LogP contribution is -2.38. The molecular weight excluding hydrogens is 749 g/mol. The second kappa shape index (κ2) is 20.1. The van der Waals surface area contributed by atoms with E-state index in [2.05, 4.69) is 60.3 Å². The van der Waals surface area contributed by atoms with Gasteiger partial charge in [-0.2, -0.15) is 9.97 Å². The van der Waals surface area contributed by atoms with Gasteiger partial charge in [-0.15, -0.1) is 0 Å². The average molecular weight is 795 g/mol. The van der Waals surface area contributed by atoms with Crippen LogP contribution in [0.4, 0.5) is 21.9 Å². The Morgan fingerprint density at radius 3 is 1.79 bits per heavy atom. The average Bonchev–Trinajstić information content (AvgIpc) is 3.89. The summed E-state index contributed by atoms with van der Waals surface area (Å²) in [6.45, 7) is 12.5. The van der Waals surface area contributed by atoms with Crippen molar-refractivity contribution in [3.8, 4) is 32.6 Å². The van der Waals surface area contributed by atoms with Gasteiger partial charge in [0.2, 0.25) is 11.8 Å². The molecule has 6 aromatic heterocycles. The number of pyridine rings is 2. The molecule has 0 bridgehead atoms. The molecule has 6 aromatic rings. The second-order valence-corrected chi connectivity index (χ2v) is 15.2. The lowest BCUT2D eigenvalue weighted by molar-refractivity contribution is 0.0320. The maximum Gasteiger partial charge on any atom is 0.218 e. The molecule has 0 aliphatic carbocycles. The standard InChI is InChI=1S/C20H24N6OS.C19H22N6O2S/c1-15-23-18(12-19(24-15)27-11-10-26-8-3-2-4-9-26)25-20-22-14-17(28-20)16-6-5-7-21-13-16;1-14-22-17(12-18(23-14)27-11-8-25-6-9-26-10-7-25)24-19-21-13-16(28-19)15-2-4-20-5-3-15/h5-7,12-14H,2-4,8-11H2,1H3,(H,22,23,24,25);2-5,12-13H,6-11H2,1H3,(H,21,22,23,24). The SMILES string of the molecule is Cc1nc(Nc2ncc(-c3cccnc3)s2)cc(OCCN2CCCCC2)n1.Cc1nc(Nc2ncc(-c3ccncc3)s2)cc(OCCN2CCOCC2)n1. The van der Waals surface area contributed by atoms with Crippen molar-refractivity contribution in [3.05, 3.63) is 85.2 Å². The minimum atomic E-state index is 0.564. The number of piperidine rings is 1. The van der Waals surface area contributed by atoms with E-state index in [1.54, 1.807) is 47.3 Å². The molecule has 0 aromatic carbocycles. The Morgan fingerprint density at radius 1 is 0.643 bits per heavy atom. The summed E-state index contributed by atoms with van der Waals surface area (Å²) in [5, 5.41) is 8.05. The van der Waals surface area contributed by atoms with Crippen LogP contribution >= 0.6 is 22.7 Å². The lowest BCUT2D eigenvalue weighted by atomic mass is 10.1. The molecule has 56 heavy (non-hydrogen) atoms. The van der Waals surface area contributed by atoms with Crippen molar-refractivity contribution in [1.29, 1.82) is 0 Å². The number of nitrogens with one attached hydrogen (secondary N) is 2. The van der Waals surface area contributed by atoms with Crippen LogP contribution in [0.3, 0.4) is 0 Å². The Bertz CT molecular complexity index is 1940.